The molecule has 94 valence electrons. The number of nitrogens with zero attached hydrogens (tertiary/aromatic N) is 1. The molecule has 1 aromatic carbocycles. The highest BCUT2D eigenvalue weighted by Crippen LogP contribution is 2.21. The molecule has 0 unspecified atom stereocenters. The second kappa shape index (κ2) is 7.35. The summed E-state index contributed by atoms with van der Waals surface area (Å²) < 4.78 is 0. The molecule has 0 atom stereocenters. The van der Waals surface area contributed by atoms with Gasteiger partial charge in [0.2, 0.25) is 5.91 Å². The molecule has 1 amide bonds. The molecule has 0 aliphatic rings. The van der Waals surface area contributed by atoms with Gasteiger partial charge in [0.05, 0.1) is 12.4 Å². The van der Waals surface area contributed by atoms with Crippen LogP contribution in [0.25, 0.3) is 0 Å². The molecule has 1 aromatic rings. The van der Waals surface area contributed by atoms with Crippen molar-refractivity contribution < 1.29 is 9.90 Å². The Hall–Kier alpha value is -1.00. The van der Waals surface area contributed by atoms with E-state index in [9.17, 15) is 4.79 Å². The van der Waals surface area contributed by atoms with Crippen molar-refractivity contribution in [1.82, 2.24) is 4.90 Å². The Morgan fingerprint density at radius 1 is 1.41 bits per heavy atom. The number of hydrogen-bond donors (Lipinski definition) is 1. The van der Waals surface area contributed by atoms with Crippen molar-refractivity contribution in [2.45, 2.75) is 18.7 Å². The Morgan fingerprint density at radius 3 is 2.71 bits per heavy atom. The number of hydrogen-bond acceptors (Lipinski definition) is 3. The highest BCUT2D eigenvalue weighted by atomic mass is 32.2. The fraction of sp³-hybridized carbons (Fsp3) is 0.462. The summed E-state index contributed by atoms with van der Waals surface area (Å²) >= 11 is 1.55. The van der Waals surface area contributed by atoms with Crippen LogP contribution in [0.1, 0.15) is 12.5 Å². The summed E-state index contributed by atoms with van der Waals surface area (Å²) in [7, 11) is 0. The third-order valence-corrected chi connectivity index (χ3v) is 3.71. The van der Waals surface area contributed by atoms with Crippen LogP contribution in [0.2, 0.25) is 0 Å². The maximum Gasteiger partial charge on any atom is 0.233 e. The van der Waals surface area contributed by atoms with E-state index in [0.29, 0.717) is 18.8 Å². The Labute approximate surface area is 107 Å². The maximum atomic E-state index is 11.8. The van der Waals surface area contributed by atoms with Crippen LogP contribution >= 0.6 is 11.8 Å². The van der Waals surface area contributed by atoms with E-state index in [1.165, 1.54) is 5.56 Å². The van der Waals surface area contributed by atoms with Crippen LogP contribution in [0.4, 0.5) is 0 Å². The molecular formula is C13H19NO2S. The number of thioether (sulfide) groups is 1. The predicted molar refractivity (Wildman–Crippen MR) is 71.2 cm³/mol. The van der Waals surface area contributed by atoms with E-state index in [2.05, 4.69) is 0 Å². The van der Waals surface area contributed by atoms with Gasteiger partial charge in [0.1, 0.15) is 0 Å². The van der Waals surface area contributed by atoms with Gasteiger partial charge >= 0.3 is 0 Å². The Kier molecular flexibility index (Phi) is 6.08. The largest absolute Gasteiger partial charge is 0.395 e. The standard InChI is InChI=1S/C13H19NO2S/c1-3-14(8-9-15)13(16)10-17-12-7-5-4-6-11(12)2/h4-7,15H,3,8-10H2,1-2H3. The van der Waals surface area contributed by atoms with Gasteiger partial charge in [0.15, 0.2) is 0 Å². The van der Waals surface area contributed by atoms with E-state index in [1.807, 2.05) is 38.1 Å². The zero-order valence-electron chi connectivity index (χ0n) is 10.3. The first-order valence-corrected chi connectivity index (χ1v) is 6.74. The molecule has 0 saturated carbocycles. The second-order valence-electron chi connectivity index (χ2n) is 3.75. The minimum absolute atomic E-state index is 0.0224. The zero-order valence-corrected chi connectivity index (χ0v) is 11.2. The lowest BCUT2D eigenvalue weighted by Crippen LogP contribution is -2.34. The lowest BCUT2D eigenvalue weighted by Gasteiger charge is -2.19. The quantitative estimate of drug-likeness (QED) is 0.788. The zero-order chi connectivity index (χ0) is 12.7. The van der Waals surface area contributed by atoms with Crippen molar-refractivity contribution in [3.8, 4) is 0 Å². The summed E-state index contributed by atoms with van der Waals surface area (Å²) in [6, 6.07) is 8.03. The summed E-state index contributed by atoms with van der Waals surface area (Å²) in [4.78, 5) is 14.7. The van der Waals surface area contributed by atoms with Gasteiger partial charge in [-0.2, -0.15) is 0 Å². The number of aliphatic hydroxyl groups excluding tert-OH is 1. The van der Waals surface area contributed by atoms with E-state index in [0.717, 1.165) is 4.90 Å². The second-order valence-corrected chi connectivity index (χ2v) is 4.77. The molecular weight excluding hydrogens is 234 g/mol. The first-order valence-electron chi connectivity index (χ1n) is 5.76. The van der Waals surface area contributed by atoms with Gasteiger partial charge in [0, 0.05) is 18.0 Å². The Bertz CT molecular complexity index is 368. The van der Waals surface area contributed by atoms with E-state index >= 15 is 0 Å². The van der Waals surface area contributed by atoms with Crippen LogP contribution in [0.15, 0.2) is 29.2 Å². The lowest BCUT2D eigenvalue weighted by molar-refractivity contribution is -0.128. The monoisotopic (exact) mass is 253 g/mol. The Balaban J connectivity index is 2.50. The average Bonchev–Trinajstić information content (AvgIpc) is 2.34. The number of aliphatic hydroxyl groups is 1. The summed E-state index contributed by atoms with van der Waals surface area (Å²) in [6.07, 6.45) is 0. The fourth-order valence-electron chi connectivity index (χ4n) is 1.53. The van der Waals surface area contributed by atoms with Gasteiger partial charge < -0.3 is 10.0 Å². The summed E-state index contributed by atoms with van der Waals surface area (Å²) in [6.45, 7) is 5.05. The van der Waals surface area contributed by atoms with Crippen molar-refractivity contribution in [2.75, 3.05) is 25.4 Å². The minimum Gasteiger partial charge on any atom is -0.395 e. The van der Waals surface area contributed by atoms with Crippen LogP contribution in [0.5, 0.6) is 0 Å². The number of amides is 1. The normalized spacial score (nSPS) is 10.3. The van der Waals surface area contributed by atoms with E-state index in [1.54, 1.807) is 16.7 Å². The van der Waals surface area contributed by atoms with Gasteiger partial charge in [-0.1, -0.05) is 18.2 Å². The minimum atomic E-state index is 0.0224. The van der Waals surface area contributed by atoms with Gasteiger partial charge in [-0.15, -0.1) is 11.8 Å². The third kappa shape index (κ3) is 4.40. The van der Waals surface area contributed by atoms with Gasteiger partial charge in [-0.25, -0.2) is 0 Å². The van der Waals surface area contributed by atoms with E-state index < -0.39 is 0 Å². The molecule has 1 N–H and O–H groups in total. The molecule has 0 aliphatic carbocycles. The molecule has 0 radical (unpaired) electrons. The molecule has 0 aliphatic heterocycles. The maximum absolute atomic E-state index is 11.8. The Morgan fingerprint density at radius 2 is 2.12 bits per heavy atom. The van der Waals surface area contributed by atoms with Gasteiger partial charge in [-0.3, -0.25) is 4.79 Å². The predicted octanol–water partition coefficient (Wildman–Crippen LogP) is 1.93. The molecule has 1 rings (SSSR count). The van der Waals surface area contributed by atoms with E-state index in [4.69, 9.17) is 5.11 Å². The van der Waals surface area contributed by atoms with Gasteiger partial charge in [0.25, 0.3) is 0 Å². The molecule has 0 aromatic heterocycles. The number of benzene rings is 1. The molecule has 4 heteroatoms. The van der Waals surface area contributed by atoms with Crippen LogP contribution in [-0.2, 0) is 4.79 Å². The lowest BCUT2D eigenvalue weighted by atomic mass is 10.2. The number of carbonyl (C=O) groups is 1. The number of likely N-dealkylation sites (N-methyl/N-ethyl adjacent to an activating group) is 1. The summed E-state index contributed by atoms with van der Waals surface area (Å²) in [5.74, 6) is 0.508. The number of aryl methyl sites for hydroxylation is 1. The molecule has 0 heterocycles. The molecule has 3 nitrogen and oxygen atoms in total. The highest BCUT2D eigenvalue weighted by Gasteiger charge is 2.11. The SMILES string of the molecule is CCN(CCO)C(=O)CSc1ccccc1C. The smallest absolute Gasteiger partial charge is 0.233 e. The molecule has 0 spiro atoms. The first-order chi connectivity index (χ1) is 8.19. The van der Waals surface area contributed by atoms with E-state index in [-0.39, 0.29) is 12.5 Å². The molecule has 0 bridgehead atoms. The molecule has 17 heavy (non-hydrogen) atoms. The fourth-order valence-corrected chi connectivity index (χ4v) is 2.46. The van der Waals surface area contributed by atoms with Crippen molar-refractivity contribution in [1.29, 1.82) is 0 Å². The number of rotatable bonds is 6. The molecule has 0 fully saturated rings. The first kappa shape index (κ1) is 14.1. The van der Waals surface area contributed by atoms with Crippen LogP contribution in [0.3, 0.4) is 0 Å². The number of carbonyl (C=O) groups excluding carboxylic acids is 1. The van der Waals surface area contributed by atoms with Crippen LogP contribution in [-0.4, -0.2) is 41.4 Å². The topological polar surface area (TPSA) is 40.5 Å². The summed E-state index contributed by atoms with van der Waals surface area (Å²) in [5, 5.41) is 8.85. The van der Waals surface area contributed by atoms with Crippen molar-refractivity contribution >= 4 is 17.7 Å². The van der Waals surface area contributed by atoms with Crippen molar-refractivity contribution in [2.24, 2.45) is 0 Å². The van der Waals surface area contributed by atoms with Crippen molar-refractivity contribution in [3.05, 3.63) is 29.8 Å². The highest BCUT2D eigenvalue weighted by molar-refractivity contribution is 8.00. The molecule has 0 saturated heterocycles. The van der Waals surface area contributed by atoms with Gasteiger partial charge in [-0.05, 0) is 25.5 Å². The average molecular weight is 253 g/mol. The summed E-state index contributed by atoms with van der Waals surface area (Å²) in [5.41, 5.74) is 1.19. The van der Waals surface area contributed by atoms with Crippen LogP contribution in [0, 0.1) is 6.92 Å². The van der Waals surface area contributed by atoms with Crippen molar-refractivity contribution in [3.63, 3.8) is 0 Å². The third-order valence-electron chi connectivity index (χ3n) is 2.55. The van der Waals surface area contributed by atoms with Crippen LogP contribution < -0.4 is 0 Å².